The highest BCUT2D eigenvalue weighted by molar-refractivity contribution is 5.59. The minimum atomic E-state index is 0.193. The summed E-state index contributed by atoms with van der Waals surface area (Å²) in [5, 5.41) is 0. The number of aromatic nitrogens is 4. The van der Waals surface area contributed by atoms with Crippen LogP contribution in [0.4, 0.5) is 11.8 Å². The second-order valence-corrected chi connectivity index (χ2v) is 7.98. The number of benzene rings is 1. The summed E-state index contributed by atoms with van der Waals surface area (Å²) >= 11 is 0. The molecular formula is C24H28N6. The molecule has 6 heteroatoms. The van der Waals surface area contributed by atoms with Crippen LogP contribution in [0, 0.1) is 34.6 Å². The standard InChI is InChI=1S/C24H28N6/c1-14-6-7-15(2)29(14)21-11-19(10-20-13-27-24(26)28-23(20)25)12-22(18(21)5)30-16(3)8-9-17(30)4/h6-9,11-13H,10H2,1-5H3,(H4,25,26,27,28). The van der Waals surface area contributed by atoms with Gasteiger partial charge in [-0.2, -0.15) is 4.98 Å². The van der Waals surface area contributed by atoms with Crippen molar-refractivity contribution in [1.82, 2.24) is 19.1 Å². The van der Waals surface area contributed by atoms with Gasteiger partial charge in [0, 0.05) is 41.0 Å². The minimum Gasteiger partial charge on any atom is -0.383 e. The number of anilines is 2. The van der Waals surface area contributed by atoms with E-state index in [9.17, 15) is 0 Å². The van der Waals surface area contributed by atoms with E-state index in [2.05, 4.69) is 90.1 Å². The lowest BCUT2D eigenvalue weighted by Gasteiger charge is -2.21. The van der Waals surface area contributed by atoms with Crippen LogP contribution in [0.2, 0.25) is 0 Å². The van der Waals surface area contributed by atoms with Crippen LogP contribution in [0.5, 0.6) is 0 Å². The topological polar surface area (TPSA) is 87.7 Å². The summed E-state index contributed by atoms with van der Waals surface area (Å²) in [5.74, 6) is 0.617. The molecule has 0 amide bonds. The van der Waals surface area contributed by atoms with Crippen LogP contribution in [0.25, 0.3) is 11.4 Å². The molecule has 4 aromatic rings. The monoisotopic (exact) mass is 400 g/mol. The number of hydrogen-bond acceptors (Lipinski definition) is 4. The van der Waals surface area contributed by atoms with E-state index >= 15 is 0 Å². The molecule has 4 rings (SSSR count). The highest BCUT2D eigenvalue weighted by Gasteiger charge is 2.16. The summed E-state index contributed by atoms with van der Waals surface area (Å²) in [6.45, 7) is 10.7. The van der Waals surface area contributed by atoms with Crippen molar-refractivity contribution in [2.45, 2.75) is 41.0 Å². The maximum atomic E-state index is 6.12. The van der Waals surface area contributed by atoms with E-state index in [1.807, 2.05) is 0 Å². The molecule has 3 aromatic heterocycles. The molecule has 0 spiro atoms. The average Bonchev–Trinajstić information content (AvgIpc) is 3.20. The third kappa shape index (κ3) is 3.34. The number of rotatable bonds is 4. The fourth-order valence-electron chi connectivity index (χ4n) is 4.19. The molecule has 0 bridgehead atoms. The lowest BCUT2D eigenvalue weighted by Crippen LogP contribution is -2.10. The van der Waals surface area contributed by atoms with Crippen molar-refractivity contribution < 1.29 is 0 Å². The van der Waals surface area contributed by atoms with Crippen molar-refractivity contribution >= 4 is 11.8 Å². The highest BCUT2D eigenvalue weighted by atomic mass is 15.0. The third-order valence-corrected chi connectivity index (χ3v) is 5.75. The van der Waals surface area contributed by atoms with Crippen LogP contribution < -0.4 is 11.5 Å². The van der Waals surface area contributed by atoms with E-state index in [4.69, 9.17) is 11.5 Å². The predicted molar refractivity (Wildman–Crippen MR) is 122 cm³/mol. The molecule has 0 aliphatic carbocycles. The molecule has 6 nitrogen and oxygen atoms in total. The first-order chi connectivity index (χ1) is 14.3. The van der Waals surface area contributed by atoms with E-state index in [0.29, 0.717) is 12.2 Å². The van der Waals surface area contributed by atoms with Gasteiger partial charge in [-0.1, -0.05) is 0 Å². The first-order valence-corrected chi connectivity index (χ1v) is 10.1. The molecule has 4 N–H and O–H groups in total. The van der Waals surface area contributed by atoms with E-state index in [0.717, 1.165) is 11.1 Å². The second kappa shape index (κ2) is 7.37. The summed E-state index contributed by atoms with van der Waals surface area (Å²) in [6, 6.07) is 13.1. The van der Waals surface area contributed by atoms with Crippen molar-refractivity contribution in [3.8, 4) is 11.4 Å². The Labute approximate surface area is 177 Å². The fourth-order valence-corrected chi connectivity index (χ4v) is 4.19. The normalized spacial score (nSPS) is 11.2. The molecule has 154 valence electrons. The number of nitrogen functional groups attached to an aromatic ring is 2. The van der Waals surface area contributed by atoms with Gasteiger partial charge in [-0.25, -0.2) is 4.98 Å². The van der Waals surface area contributed by atoms with Crippen LogP contribution in [-0.2, 0) is 6.42 Å². The van der Waals surface area contributed by atoms with Crippen LogP contribution in [0.3, 0.4) is 0 Å². The van der Waals surface area contributed by atoms with Gasteiger partial charge in [0.25, 0.3) is 0 Å². The Hall–Kier alpha value is -3.54. The Balaban J connectivity index is 1.95. The van der Waals surface area contributed by atoms with Crippen molar-refractivity contribution in [2.24, 2.45) is 0 Å². The van der Waals surface area contributed by atoms with Crippen LogP contribution in [0.15, 0.2) is 42.6 Å². The molecule has 30 heavy (non-hydrogen) atoms. The average molecular weight is 401 g/mol. The number of nitrogens with two attached hydrogens (primary N) is 2. The SMILES string of the molecule is Cc1c(-n2c(C)ccc2C)cc(Cc2cnc(N)nc2N)cc1-n1c(C)ccc1C. The van der Waals surface area contributed by atoms with Crippen molar-refractivity contribution in [2.75, 3.05) is 11.5 Å². The zero-order valence-corrected chi connectivity index (χ0v) is 18.2. The molecule has 0 saturated heterocycles. The Morgan fingerprint density at radius 2 is 1.23 bits per heavy atom. The summed E-state index contributed by atoms with van der Waals surface area (Å²) in [6.07, 6.45) is 2.35. The molecule has 3 heterocycles. The van der Waals surface area contributed by atoms with Gasteiger partial charge in [0.05, 0.1) is 11.4 Å². The van der Waals surface area contributed by atoms with Gasteiger partial charge >= 0.3 is 0 Å². The van der Waals surface area contributed by atoms with Gasteiger partial charge in [0.15, 0.2) is 0 Å². The predicted octanol–water partition coefficient (Wildman–Crippen LogP) is 4.36. The van der Waals surface area contributed by atoms with Crippen LogP contribution >= 0.6 is 0 Å². The molecule has 1 aromatic carbocycles. The van der Waals surface area contributed by atoms with E-state index in [1.165, 1.54) is 39.7 Å². The van der Waals surface area contributed by atoms with Gasteiger partial charge in [-0.05, 0) is 82.1 Å². The second-order valence-electron chi connectivity index (χ2n) is 7.98. The van der Waals surface area contributed by atoms with Gasteiger partial charge < -0.3 is 20.6 Å². The summed E-state index contributed by atoms with van der Waals surface area (Å²) in [5.41, 5.74) is 22.2. The quantitative estimate of drug-likeness (QED) is 0.533. The molecular weight excluding hydrogens is 372 g/mol. The molecule has 0 atom stereocenters. The van der Waals surface area contributed by atoms with Crippen molar-refractivity contribution in [3.05, 3.63) is 82.1 Å². The number of aryl methyl sites for hydroxylation is 4. The maximum absolute atomic E-state index is 6.12. The van der Waals surface area contributed by atoms with E-state index in [-0.39, 0.29) is 5.95 Å². The lowest BCUT2D eigenvalue weighted by molar-refractivity contribution is 0.913. The van der Waals surface area contributed by atoms with Gasteiger partial charge in [-0.15, -0.1) is 0 Å². The highest BCUT2D eigenvalue weighted by Crippen LogP contribution is 2.30. The Morgan fingerprint density at radius 3 is 1.67 bits per heavy atom. The Morgan fingerprint density at radius 1 is 0.767 bits per heavy atom. The smallest absolute Gasteiger partial charge is 0.221 e. The van der Waals surface area contributed by atoms with Crippen LogP contribution in [0.1, 0.15) is 39.5 Å². The van der Waals surface area contributed by atoms with Crippen LogP contribution in [-0.4, -0.2) is 19.1 Å². The first kappa shape index (κ1) is 19.8. The van der Waals surface area contributed by atoms with Gasteiger partial charge in [-0.3, -0.25) is 0 Å². The van der Waals surface area contributed by atoms with Crippen molar-refractivity contribution in [1.29, 1.82) is 0 Å². The minimum absolute atomic E-state index is 0.193. The zero-order valence-electron chi connectivity index (χ0n) is 18.2. The lowest BCUT2D eigenvalue weighted by atomic mass is 10.0. The Bertz CT molecular complexity index is 1140. The summed E-state index contributed by atoms with van der Waals surface area (Å²) in [7, 11) is 0. The molecule has 0 aliphatic heterocycles. The van der Waals surface area contributed by atoms with Gasteiger partial charge in [0.1, 0.15) is 5.82 Å². The summed E-state index contributed by atoms with van der Waals surface area (Å²) in [4.78, 5) is 8.25. The molecule has 0 aliphatic rings. The largest absolute Gasteiger partial charge is 0.383 e. The van der Waals surface area contributed by atoms with Gasteiger partial charge in [0.2, 0.25) is 5.95 Å². The number of hydrogen-bond donors (Lipinski definition) is 2. The summed E-state index contributed by atoms with van der Waals surface area (Å²) < 4.78 is 4.61. The third-order valence-electron chi connectivity index (χ3n) is 5.75. The maximum Gasteiger partial charge on any atom is 0.221 e. The molecule has 0 saturated carbocycles. The van der Waals surface area contributed by atoms with Crippen molar-refractivity contribution in [3.63, 3.8) is 0 Å². The molecule has 0 fully saturated rings. The Kier molecular flexibility index (Phi) is 4.86. The fraction of sp³-hybridized carbons (Fsp3) is 0.250. The first-order valence-electron chi connectivity index (χ1n) is 10.1. The zero-order chi connectivity index (χ0) is 21.6. The van der Waals surface area contributed by atoms with E-state index < -0.39 is 0 Å². The molecule has 0 unspecified atom stereocenters. The van der Waals surface area contributed by atoms with E-state index in [1.54, 1.807) is 6.20 Å². The number of nitrogens with zero attached hydrogens (tertiary/aromatic N) is 4. The molecule has 0 radical (unpaired) electrons.